The van der Waals surface area contributed by atoms with Gasteiger partial charge in [-0.15, -0.1) is 0 Å². The van der Waals surface area contributed by atoms with E-state index in [1.807, 2.05) is 11.8 Å². The second-order valence-electron chi connectivity index (χ2n) is 4.22. The molecule has 2 rings (SSSR count). The molecule has 0 spiro atoms. The van der Waals surface area contributed by atoms with Crippen molar-refractivity contribution in [2.45, 2.75) is 6.42 Å². The Morgan fingerprint density at radius 3 is 2.83 bits per heavy atom. The molecule has 1 heterocycles. The fourth-order valence-electron chi connectivity index (χ4n) is 2.10. The number of amides is 1. The number of halogens is 1. The largest absolute Gasteiger partial charge is 0.399 e. The summed E-state index contributed by atoms with van der Waals surface area (Å²) < 4.78 is 0. The predicted octanol–water partition coefficient (Wildman–Crippen LogP) is 1.96. The molecule has 0 bridgehead atoms. The van der Waals surface area contributed by atoms with Gasteiger partial charge in [0.25, 0.3) is 5.91 Å². The first-order valence-electron chi connectivity index (χ1n) is 5.81. The summed E-state index contributed by atoms with van der Waals surface area (Å²) in [7, 11) is 0. The highest BCUT2D eigenvalue weighted by atomic mass is 35.5. The number of nitrogen functional groups attached to an aromatic ring is 1. The van der Waals surface area contributed by atoms with Gasteiger partial charge in [-0.25, -0.2) is 0 Å². The Balaban J connectivity index is 2.43. The molecule has 1 aromatic carbocycles. The van der Waals surface area contributed by atoms with E-state index >= 15 is 0 Å². The van der Waals surface area contributed by atoms with Crippen LogP contribution < -0.4 is 16.4 Å². The minimum Gasteiger partial charge on any atom is -0.399 e. The molecule has 0 aromatic heterocycles. The maximum atomic E-state index is 11.5. The number of nitrogens with two attached hydrogens (primary N) is 2. The Morgan fingerprint density at radius 2 is 2.11 bits per heavy atom. The summed E-state index contributed by atoms with van der Waals surface area (Å²) in [6, 6.07) is 3.27. The number of anilines is 2. The minimum atomic E-state index is -0.490. The molecule has 1 aromatic rings. The van der Waals surface area contributed by atoms with E-state index in [4.69, 9.17) is 23.1 Å². The minimum absolute atomic E-state index is 0.409. The van der Waals surface area contributed by atoms with Crippen LogP contribution in [-0.2, 0) is 0 Å². The summed E-state index contributed by atoms with van der Waals surface area (Å²) in [5, 5.41) is 0.496. The summed E-state index contributed by atoms with van der Waals surface area (Å²) in [6.45, 7) is 1.76. The number of hydrogen-bond donors (Lipinski definition) is 2. The molecule has 1 aliphatic heterocycles. The van der Waals surface area contributed by atoms with Crippen LogP contribution >= 0.6 is 23.4 Å². The first-order valence-corrected chi connectivity index (χ1v) is 7.34. The van der Waals surface area contributed by atoms with E-state index in [9.17, 15) is 4.79 Å². The summed E-state index contributed by atoms with van der Waals surface area (Å²) in [5.74, 6) is 1.67. The van der Waals surface area contributed by atoms with Crippen molar-refractivity contribution in [1.29, 1.82) is 0 Å². The Morgan fingerprint density at radius 1 is 1.33 bits per heavy atom. The molecule has 0 radical (unpaired) electrons. The van der Waals surface area contributed by atoms with Crippen molar-refractivity contribution < 1.29 is 4.79 Å². The maximum Gasteiger partial charge on any atom is 0.250 e. The van der Waals surface area contributed by atoms with Crippen LogP contribution in [-0.4, -0.2) is 30.5 Å². The molecule has 0 aliphatic carbocycles. The van der Waals surface area contributed by atoms with Gasteiger partial charge < -0.3 is 16.4 Å². The zero-order chi connectivity index (χ0) is 13.1. The highest BCUT2D eigenvalue weighted by molar-refractivity contribution is 7.99. The fraction of sp³-hybridized carbons (Fsp3) is 0.417. The molecule has 4 N–H and O–H groups in total. The van der Waals surface area contributed by atoms with Gasteiger partial charge in [0, 0.05) is 24.5 Å². The van der Waals surface area contributed by atoms with Crippen LogP contribution in [0, 0.1) is 0 Å². The number of nitrogens with zero attached hydrogens (tertiary/aromatic N) is 1. The molecule has 98 valence electrons. The molecule has 0 saturated carbocycles. The van der Waals surface area contributed by atoms with E-state index in [1.165, 1.54) is 0 Å². The number of thioether (sulfide) groups is 1. The fourth-order valence-corrected chi connectivity index (χ4v) is 3.33. The van der Waals surface area contributed by atoms with E-state index in [0.29, 0.717) is 16.3 Å². The number of rotatable bonds is 2. The summed E-state index contributed by atoms with van der Waals surface area (Å²) in [4.78, 5) is 13.7. The summed E-state index contributed by atoms with van der Waals surface area (Å²) in [6.07, 6.45) is 1.07. The van der Waals surface area contributed by atoms with E-state index in [0.717, 1.165) is 36.7 Å². The molecular weight excluding hydrogens is 270 g/mol. The highest BCUT2D eigenvalue weighted by Crippen LogP contribution is 2.33. The second kappa shape index (κ2) is 5.71. The number of benzene rings is 1. The lowest BCUT2D eigenvalue weighted by atomic mass is 10.1. The summed E-state index contributed by atoms with van der Waals surface area (Å²) >= 11 is 8.14. The van der Waals surface area contributed by atoms with Gasteiger partial charge in [-0.1, -0.05) is 11.6 Å². The number of carbonyl (C=O) groups excluding carboxylic acids is 1. The van der Waals surface area contributed by atoms with Crippen LogP contribution in [0.2, 0.25) is 5.02 Å². The zero-order valence-corrected chi connectivity index (χ0v) is 11.6. The lowest BCUT2D eigenvalue weighted by molar-refractivity contribution is 0.100. The van der Waals surface area contributed by atoms with Crippen molar-refractivity contribution in [1.82, 2.24) is 0 Å². The van der Waals surface area contributed by atoms with Gasteiger partial charge in [0.2, 0.25) is 0 Å². The highest BCUT2D eigenvalue weighted by Gasteiger charge is 2.20. The molecule has 6 heteroatoms. The van der Waals surface area contributed by atoms with Gasteiger partial charge in [-0.05, 0) is 24.3 Å². The van der Waals surface area contributed by atoms with Crippen LogP contribution in [0.25, 0.3) is 0 Å². The maximum absolute atomic E-state index is 11.5. The standard InChI is InChI=1S/C12H16ClN3OS/c13-10-7-8(14)6-9(12(15)17)11(10)16-2-1-4-18-5-3-16/h6-7H,1-5,14H2,(H2,15,17). The average Bonchev–Trinajstić information content (AvgIpc) is 2.56. The molecule has 0 unspecified atom stereocenters. The first kappa shape index (κ1) is 13.4. The zero-order valence-electron chi connectivity index (χ0n) is 9.99. The van der Waals surface area contributed by atoms with E-state index in [1.54, 1.807) is 12.1 Å². The van der Waals surface area contributed by atoms with Crippen molar-refractivity contribution >= 4 is 40.6 Å². The summed E-state index contributed by atoms with van der Waals surface area (Å²) in [5.41, 5.74) is 12.7. The molecule has 1 fully saturated rings. The van der Waals surface area contributed by atoms with Gasteiger partial charge in [-0.2, -0.15) is 11.8 Å². The number of carbonyl (C=O) groups is 1. The van der Waals surface area contributed by atoms with E-state index < -0.39 is 5.91 Å². The number of hydrogen-bond acceptors (Lipinski definition) is 4. The third-order valence-electron chi connectivity index (χ3n) is 2.89. The average molecular weight is 286 g/mol. The van der Waals surface area contributed by atoms with Gasteiger partial charge in [0.05, 0.1) is 16.3 Å². The normalized spacial score (nSPS) is 16.4. The lowest BCUT2D eigenvalue weighted by Gasteiger charge is -2.25. The lowest BCUT2D eigenvalue weighted by Crippen LogP contribution is -2.29. The molecule has 4 nitrogen and oxygen atoms in total. The Labute approximate surface area is 116 Å². The van der Waals surface area contributed by atoms with Gasteiger partial charge in [0.15, 0.2) is 0 Å². The van der Waals surface area contributed by atoms with Crippen LogP contribution in [0.15, 0.2) is 12.1 Å². The van der Waals surface area contributed by atoms with Gasteiger partial charge >= 0.3 is 0 Å². The second-order valence-corrected chi connectivity index (χ2v) is 5.85. The third-order valence-corrected chi connectivity index (χ3v) is 4.23. The van der Waals surface area contributed by atoms with Crippen LogP contribution in [0.1, 0.15) is 16.8 Å². The molecule has 1 amide bonds. The van der Waals surface area contributed by atoms with Crippen molar-refractivity contribution in [3.05, 3.63) is 22.7 Å². The Hall–Kier alpha value is -1.07. The molecule has 1 saturated heterocycles. The topological polar surface area (TPSA) is 72.3 Å². The van der Waals surface area contributed by atoms with Crippen LogP contribution in [0.3, 0.4) is 0 Å². The molecule has 1 aliphatic rings. The Kier molecular flexibility index (Phi) is 4.24. The molecule has 18 heavy (non-hydrogen) atoms. The predicted molar refractivity (Wildman–Crippen MR) is 78.5 cm³/mol. The Bertz CT molecular complexity index is 459. The first-order chi connectivity index (χ1) is 8.59. The van der Waals surface area contributed by atoms with Crippen LogP contribution in [0.4, 0.5) is 11.4 Å². The van der Waals surface area contributed by atoms with Gasteiger partial charge in [0.1, 0.15) is 0 Å². The smallest absolute Gasteiger partial charge is 0.250 e. The van der Waals surface area contributed by atoms with Crippen molar-refractivity contribution in [2.75, 3.05) is 35.2 Å². The third kappa shape index (κ3) is 2.84. The van der Waals surface area contributed by atoms with Crippen LogP contribution in [0.5, 0.6) is 0 Å². The van der Waals surface area contributed by atoms with E-state index in [2.05, 4.69) is 4.90 Å². The van der Waals surface area contributed by atoms with Gasteiger partial charge in [-0.3, -0.25) is 4.79 Å². The monoisotopic (exact) mass is 285 g/mol. The van der Waals surface area contributed by atoms with Crippen molar-refractivity contribution in [3.8, 4) is 0 Å². The molecule has 0 atom stereocenters. The van der Waals surface area contributed by atoms with Crippen molar-refractivity contribution in [3.63, 3.8) is 0 Å². The SMILES string of the molecule is NC(=O)c1cc(N)cc(Cl)c1N1CCCSCC1. The quantitative estimate of drug-likeness (QED) is 0.815. The number of primary amides is 1. The van der Waals surface area contributed by atoms with Crippen molar-refractivity contribution in [2.24, 2.45) is 5.73 Å². The van der Waals surface area contributed by atoms with E-state index in [-0.39, 0.29) is 0 Å². The molecular formula is C12H16ClN3OS.